The van der Waals surface area contributed by atoms with Crippen LogP contribution in [0.15, 0.2) is 18.2 Å². The van der Waals surface area contributed by atoms with Crippen LogP contribution in [0.25, 0.3) is 0 Å². The fraction of sp³-hybridized carbons (Fsp3) is 0.462. The lowest BCUT2D eigenvalue weighted by Crippen LogP contribution is -2.58. The predicted molar refractivity (Wildman–Crippen MR) is 74.1 cm³/mol. The molecule has 2 rings (SSSR count). The monoisotopic (exact) mass is 334 g/mol. The highest BCUT2D eigenvalue weighted by Crippen LogP contribution is 2.23. The zero-order chi connectivity index (χ0) is 16.5. The van der Waals surface area contributed by atoms with Crippen molar-refractivity contribution in [3.8, 4) is 0 Å². The van der Waals surface area contributed by atoms with Crippen molar-refractivity contribution in [1.29, 1.82) is 0 Å². The van der Waals surface area contributed by atoms with Crippen molar-refractivity contribution in [2.24, 2.45) is 5.73 Å². The van der Waals surface area contributed by atoms with E-state index in [4.69, 9.17) is 10.5 Å². The standard InChI is InChI=1S/C13H16F2N2O4S/c1-8-12(13(16)18)17(5-6-21-8)22(19,20)7-9-10(14)3-2-4-11(9)15/h2-4,8,12H,5-7H2,1H3,(H2,16,18)/t8-,12+/m1/s1. The highest BCUT2D eigenvalue weighted by Gasteiger charge is 2.41. The van der Waals surface area contributed by atoms with Crippen molar-refractivity contribution in [3.05, 3.63) is 35.4 Å². The van der Waals surface area contributed by atoms with Gasteiger partial charge in [-0.15, -0.1) is 0 Å². The van der Waals surface area contributed by atoms with Crippen molar-refractivity contribution in [1.82, 2.24) is 4.31 Å². The van der Waals surface area contributed by atoms with Crippen LogP contribution in [0.2, 0.25) is 0 Å². The molecule has 2 N–H and O–H groups in total. The minimum absolute atomic E-state index is 0.0733. The molecule has 122 valence electrons. The Bertz CT molecular complexity index is 660. The van der Waals surface area contributed by atoms with E-state index in [2.05, 4.69) is 0 Å². The van der Waals surface area contributed by atoms with E-state index in [9.17, 15) is 22.0 Å². The normalized spacial score (nSPS) is 23.4. The topological polar surface area (TPSA) is 89.7 Å². The Morgan fingerprint density at radius 1 is 1.41 bits per heavy atom. The molecular formula is C13H16F2N2O4S. The lowest BCUT2D eigenvalue weighted by atomic mass is 10.1. The van der Waals surface area contributed by atoms with Crippen molar-refractivity contribution >= 4 is 15.9 Å². The van der Waals surface area contributed by atoms with Crippen LogP contribution in [-0.2, 0) is 25.3 Å². The van der Waals surface area contributed by atoms with E-state index in [1.807, 2.05) is 0 Å². The van der Waals surface area contributed by atoms with Crippen LogP contribution in [0.4, 0.5) is 8.78 Å². The minimum Gasteiger partial charge on any atom is -0.375 e. The van der Waals surface area contributed by atoms with Crippen LogP contribution in [0.5, 0.6) is 0 Å². The maximum atomic E-state index is 13.6. The van der Waals surface area contributed by atoms with Crippen LogP contribution in [0, 0.1) is 11.6 Å². The van der Waals surface area contributed by atoms with E-state index in [1.165, 1.54) is 6.92 Å². The molecule has 1 heterocycles. The van der Waals surface area contributed by atoms with Gasteiger partial charge in [0.1, 0.15) is 17.7 Å². The smallest absolute Gasteiger partial charge is 0.238 e. The maximum Gasteiger partial charge on any atom is 0.238 e. The van der Waals surface area contributed by atoms with Gasteiger partial charge in [0.25, 0.3) is 0 Å². The summed E-state index contributed by atoms with van der Waals surface area (Å²) in [5.41, 5.74) is 4.66. The molecule has 0 unspecified atom stereocenters. The Labute approximate surface area is 126 Å². The van der Waals surface area contributed by atoms with E-state index in [0.717, 1.165) is 22.5 Å². The molecule has 1 aliphatic heterocycles. The number of ether oxygens (including phenoxy) is 1. The second-order valence-corrected chi connectivity index (χ2v) is 6.91. The maximum absolute atomic E-state index is 13.6. The van der Waals surface area contributed by atoms with Gasteiger partial charge in [-0.3, -0.25) is 4.79 Å². The number of morpholine rings is 1. The van der Waals surface area contributed by atoms with E-state index in [0.29, 0.717) is 0 Å². The Hall–Kier alpha value is -1.58. The van der Waals surface area contributed by atoms with Gasteiger partial charge >= 0.3 is 0 Å². The van der Waals surface area contributed by atoms with Crippen molar-refractivity contribution in [3.63, 3.8) is 0 Å². The molecular weight excluding hydrogens is 318 g/mol. The molecule has 0 spiro atoms. The first-order valence-electron chi connectivity index (χ1n) is 6.57. The summed E-state index contributed by atoms with van der Waals surface area (Å²) in [4.78, 5) is 11.5. The Balaban J connectivity index is 2.35. The van der Waals surface area contributed by atoms with Gasteiger partial charge in [-0.25, -0.2) is 17.2 Å². The number of halogens is 2. The van der Waals surface area contributed by atoms with Gasteiger partial charge in [0, 0.05) is 12.1 Å². The van der Waals surface area contributed by atoms with E-state index >= 15 is 0 Å². The van der Waals surface area contributed by atoms with Crippen molar-refractivity contribution in [2.45, 2.75) is 24.8 Å². The van der Waals surface area contributed by atoms with Crippen LogP contribution in [-0.4, -0.2) is 43.9 Å². The van der Waals surface area contributed by atoms with Crippen molar-refractivity contribution in [2.75, 3.05) is 13.2 Å². The molecule has 2 atom stereocenters. The summed E-state index contributed by atoms with van der Waals surface area (Å²) >= 11 is 0. The highest BCUT2D eigenvalue weighted by atomic mass is 32.2. The Kier molecular flexibility index (Phi) is 4.78. The van der Waals surface area contributed by atoms with Gasteiger partial charge in [0.15, 0.2) is 0 Å². The molecule has 0 bridgehead atoms. The molecule has 0 aliphatic carbocycles. The van der Waals surface area contributed by atoms with Gasteiger partial charge in [-0.05, 0) is 19.1 Å². The summed E-state index contributed by atoms with van der Waals surface area (Å²) < 4.78 is 58.3. The number of sulfonamides is 1. The quantitative estimate of drug-likeness (QED) is 0.861. The number of amides is 1. The predicted octanol–water partition coefficient (Wildman–Crippen LogP) is 0.369. The fourth-order valence-electron chi connectivity index (χ4n) is 2.41. The number of primary amides is 1. The molecule has 6 nitrogen and oxygen atoms in total. The number of benzene rings is 1. The van der Waals surface area contributed by atoms with Crippen LogP contribution in [0.3, 0.4) is 0 Å². The number of carbonyl (C=O) groups excluding carboxylic acids is 1. The number of hydrogen-bond donors (Lipinski definition) is 1. The van der Waals surface area contributed by atoms with E-state index < -0.39 is 51.0 Å². The SMILES string of the molecule is C[C@H]1OCCN(S(=O)(=O)Cc2c(F)cccc2F)[C@@H]1C(N)=O. The zero-order valence-electron chi connectivity index (χ0n) is 11.8. The van der Waals surface area contributed by atoms with Gasteiger partial charge in [-0.1, -0.05) is 6.07 Å². The molecule has 1 fully saturated rings. The molecule has 0 saturated carbocycles. The molecule has 9 heteroatoms. The molecule has 1 aliphatic rings. The molecule has 1 aromatic carbocycles. The molecule has 0 radical (unpaired) electrons. The molecule has 1 amide bonds. The van der Waals surface area contributed by atoms with E-state index in [-0.39, 0.29) is 13.2 Å². The summed E-state index contributed by atoms with van der Waals surface area (Å²) in [5, 5.41) is 0. The summed E-state index contributed by atoms with van der Waals surface area (Å²) in [6.45, 7) is 1.49. The lowest BCUT2D eigenvalue weighted by Gasteiger charge is -2.36. The minimum atomic E-state index is -4.14. The Morgan fingerprint density at radius 3 is 2.55 bits per heavy atom. The van der Waals surface area contributed by atoms with Crippen LogP contribution in [0.1, 0.15) is 12.5 Å². The average molecular weight is 334 g/mol. The molecule has 1 aromatic rings. The average Bonchev–Trinajstić information content (AvgIpc) is 2.42. The van der Waals surface area contributed by atoms with E-state index in [1.54, 1.807) is 0 Å². The van der Waals surface area contributed by atoms with Crippen LogP contribution < -0.4 is 5.73 Å². The summed E-state index contributed by atoms with van der Waals surface area (Å²) in [7, 11) is -4.14. The fourth-order valence-corrected chi connectivity index (χ4v) is 4.19. The summed E-state index contributed by atoms with van der Waals surface area (Å²) in [6, 6.07) is 1.89. The number of hydrogen-bond acceptors (Lipinski definition) is 4. The van der Waals surface area contributed by atoms with Gasteiger partial charge < -0.3 is 10.5 Å². The first-order chi connectivity index (χ1) is 10.2. The van der Waals surface area contributed by atoms with Gasteiger partial charge in [0.2, 0.25) is 15.9 Å². The zero-order valence-corrected chi connectivity index (χ0v) is 12.6. The second-order valence-electron chi connectivity index (χ2n) is 4.99. The third-order valence-corrected chi connectivity index (χ3v) is 5.26. The number of rotatable bonds is 4. The van der Waals surface area contributed by atoms with Gasteiger partial charge in [0.05, 0.1) is 18.5 Å². The largest absolute Gasteiger partial charge is 0.375 e. The summed E-state index contributed by atoms with van der Waals surface area (Å²) in [5.74, 6) is -3.67. The van der Waals surface area contributed by atoms with Gasteiger partial charge in [-0.2, -0.15) is 4.31 Å². The lowest BCUT2D eigenvalue weighted by molar-refractivity contribution is -0.130. The first-order valence-corrected chi connectivity index (χ1v) is 8.18. The Morgan fingerprint density at radius 2 is 2.00 bits per heavy atom. The number of nitrogens with two attached hydrogens (primary N) is 1. The highest BCUT2D eigenvalue weighted by molar-refractivity contribution is 7.88. The van der Waals surface area contributed by atoms with Crippen molar-refractivity contribution < 1.29 is 26.7 Å². The van der Waals surface area contributed by atoms with Crippen LogP contribution >= 0.6 is 0 Å². The molecule has 22 heavy (non-hydrogen) atoms. The third-order valence-electron chi connectivity index (χ3n) is 3.48. The molecule has 1 saturated heterocycles. The third kappa shape index (κ3) is 3.26. The number of nitrogens with zero attached hydrogens (tertiary/aromatic N) is 1. The first kappa shape index (κ1) is 16.8. The number of carbonyl (C=O) groups is 1. The second kappa shape index (κ2) is 6.27. The summed E-state index contributed by atoms with van der Waals surface area (Å²) in [6.07, 6.45) is -0.730. The molecule has 0 aromatic heterocycles.